The molecule has 0 N–H and O–H groups in total. The number of anilines is 1. The number of methoxy groups -OCH3 is 3. The van der Waals surface area contributed by atoms with E-state index in [1.54, 1.807) is 56.7 Å². The number of ketones is 1. The SMILES string of the molecule is CCCOC(=O)CN1C=C(c2ccc(OC)cc2)C(=O)Cc2c(OC)ccc(OC)c21. The molecule has 0 unspecified atom stereocenters. The van der Waals surface area contributed by atoms with Gasteiger partial charge < -0.3 is 23.8 Å². The molecular formula is C24H27NO6. The summed E-state index contributed by atoms with van der Waals surface area (Å²) < 4.78 is 21.6. The molecule has 0 fully saturated rings. The topological polar surface area (TPSA) is 74.3 Å². The first-order valence-corrected chi connectivity index (χ1v) is 10.1. The Labute approximate surface area is 182 Å². The predicted octanol–water partition coefficient (Wildman–Crippen LogP) is 3.64. The van der Waals surface area contributed by atoms with Crippen LogP contribution in [0.3, 0.4) is 0 Å². The number of hydrogen-bond acceptors (Lipinski definition) is 7. The highest BCUT2D eigenvalue weighted by Crippen LogP contribution is 2.42. The molecule has 0 saturated carbocycles. The average Bonchev–Trinajstić information content (AvgIpc) is 2.93. The van der Waals surface area contributed by atoms with E-state index >= 15 is 0 Å². The van der Waals surface area contributed by atoms with Gasteiger partial charge in [-0.25, -0.2) is 0 Å². The summed E-state index contributed by atoms with van der Waals surface area (Å²) in [7, 11) is 4.69. The van der Waals surface area contributed by atoms with Crippen molar-refractivity contribution in [2.24, 2.45) is 0 Å². The van der Waals surface area contributed by atoms with E-state index < -0.39 is 5.97 Å². The van der Waals surface area contributed by atoms with Gasteiger partial charge in [-0.05, 0) is 36.2 Å². The lowest BCUT2D eigenvalue weighted by Crippen LogP contribution is -2.27. The Morgan fingerprint density at radius 2 is 1.65 bits per heavy atom. The minimum atomic E-state index is -0.391. The monoisotopic (exact) mass is 425 g/mol. The minimum absolute atomic E-state index is 0.0660. The molecule has 3 rings (SSSR count). The van der Waals surface area contributed by atoms with Crippen LogP contribution in [0.2, 0.25) is 0 Å². The van der Waals surface area contributed by atoms with Crippen molar-refractivity contribution in [1.82, 2.24) is 0 Å². The lowest BCUT2D eigenvalue weighted by atomic mass is 9.97. The van der Waals surface area contributed by atoms with Crippen LogP contribution >= 0.6 is 0 Å². The maximum absolute atomic E-state index is 13.3. The van der Waals surface area contributed by atoms with Crippen LogP contribution in [-0.4, -0.2) is 46.2 Å². The van der Waals surface area contributed by atoms with Gasteiger partial charge in [-0.15, -0.1) is 0 Å². The highest BCUT2D eigenvalue weighted by atomic mass is 16.5. The second-order valence-corrected chi connectivity index (χ2v) is 7.02. The third-order valence-corrected chi connectivity index (χ3v) is 5.02. The van der Waals surface area contributed by atoms with Crippen molar-refractivity contribution >= 4 is 23.0 Å². The number of rotatable bonds is 8. The van der Waals surface area contributed by atoms with Crippen LogP contribution in [0, 0.1) is 0 Å². The molecule has 1 aliphatic rings. The third-order valence-electron chi connectivity index (χ3n) is 5.02. The Hall–Kier alpha value is -3.48. The molecule has 164 valence electrons. The number of benzene rings is 2. The number of carbonyl (C=O) groups excluding carboxylic acids is 2. The Kier molecular flexibility index (Phi) is 7.18. The van der Waals surface area contributed by atoms with Crippen molar-refractivity contribution in [2.45, 2.75) is 19.8 Å². The van der Waals surface area contributed by atoms with Gasteiger partial charge in [-0.3, -0.25) is 9.59 Å². The first kappa shape index (κ1) is 22.2. The number of ether oxygens (including phenoxy) is 4. The molecule has 1 heterocycles. The van der Waals surface area contributed by atoms with E-state index in [9.17, 15) is 9.59 Å². The van der Waals surface area contributed by atoms with Gasteiger partial charge in [0.25, 0.3) is 0 Å². The van der Waals surface area contributed by atoms with Gasteiger partial charge in [-0.1, -0.05) is 19.1 Å². The summed E-state index contributed by atoms with van der Waals surface area (Å²) in [6, 6.07) is 10.8. The molecule has 7 nitrogen and oxygen atoms in total. The fraction of sp³-hybridized carbons (Fsp3) is 0.333. The van der Waals surface area contributed by atoms with Crippen molar-refractivity contribution in [3.63, 3.8) is 0 Å². The van der Waals surface area contributed by atoms with Crippen LogP contribution in [0.15, 0.2) is 42.6 Å². The smallest absolute Gasteiger partial charge is 0.325 e. The molecule has 0 bridgehead atoms. The first-order chi connectivity index (χ1) is 15.0. The number of fused-ring (bicyclic) bond motifs is 1. The predicted molar refractivity (Wildman–Crippen MR) is 118 cm³/mol. The molecule has 7 heteroatoms. The van der Waals surface area contributed by atoms with Crippen molar-refractivity contribution in [3.8, 4) is 17.2 Å². The standard InChI is InChI=1S/C24H27NO6/c1-5-12-31-23(27)15-25-14-19(16-6-8-17(28-2)9-7-16)20(26)13-18-21(29-3)10-11-22(30-4)24(18)25/h6-11,14H,5,12-13,15H2,1-4H3. The van der Waals surface area contributed by atoms with Crippen molar-refractivity contribution in [2.75, 3.05) is 39.4 Å². The molecule has 2 aromatic carbocycles. The van der Waals surface area contributed by atoms with Crippen LogP contribution in [0.25, 0.3) is 5.57 Å². The molecule has 1 aliphatic heterocycles. The van der Waals surface area contributed by atoms with Gasteiger partial charge in [-0.2, -0.15) is 0 Å². The zero-order chi connectivity index (χ0) is 22.4. The number of esters is 1. The molecule has 0 amide bonds. The summed E-state index contributed by atoms with van der Waals surface area (Å²) in [5.74, 6) is 1.30. The fourth-order valence-corrected chi connectivity index (χ4v) is 3.52. The largest absolute Gasteiger partial charge is 0.497 e. The van der Waals surface area contributed by atoms with E-state index in [2.05, 4.69) is 0 Å². The van der Waals surface area contributed by atoms with Crippen LogP contribution in [0.1, 0.15) is 24.5 Å². The highest BCUT2D eigenvalue weighted by molar-refractivity contribution is 6.23. The molecule has 0 aromatic heterocycles. The van der Waals surface area contributed by atoms with E-state index in [4.69, 9.17) is 18.9 Å². The molecular weight excluding hydrogens is 398 g/mol. The van der Waals surface area contributed by atoms with Gasteiger partial charge >= 0.3 is 5.97 Å². The summed E-state index contributed by atoms with van der Waals surface area (Å²) in [4.78, 5) is 27.5. The molecule has 0 spiro atoms. The average molecular weight is 425 g/mol. The van der Waals surface area contributed by atoms with E-state index in [0.29, 0.717) is 40.7 Å². The summed E-state index contributed by atoms with van der Waals surface area (Å²) >= 11 is 0. The molecule has 0 radical (unpaired) electrons. The number of Topliss-reactive ketones (excluding diaryl/α,β-unsaturated/α-hetero) is 1. The van der Waals surface area contributed by atoms with E-state index in [0.717, 1.165) is 12.0 Å². The van der Waals surface area contributed by atoms with Crippen LogP contribution in [-0.2, 0) is 20.7 Å². The Morgan fingerprint density at radius 1 is 0.968 bits per heavy atom. The van der Waals surface area contributed by atoms with Crippen molar-refractivity contribution in [3.05, 3.63) is 53.7 Å². The third kappa shape index (κ3) is 4.82. The maximum atomic E-state index is 13.3. The van der Waals surface area contributed by atoms with Crippen LogP contribution in [0.4, 0.5) is 5.69 Å². The second-order valence-electron chi connectivity index (χ2n) is 7.02. The summed E-state index contributed by atoms with van der Waals surface area (Å²) in [5.41, 5.74) is 2.48. The summed E-state index contributed by atoms with van der Waals surface area (Å²) in [5, 5.41) is 0. The Balaban J connectivity index is 2.12. The fourth-order valence-electron chi connectivity index (χ4n) is 3.52. The lowest BCUT2D eigenvalue weighted by molar-refractivity contribution is -0.141. The Morgan fingerprint density at radius 3 is 2.26 bits per heavy atom. The van der Waals surface area contributed by atoms with Gasteiger partial charge in [0.1, 0.15) is 23.8 Å². The zero-order valence-electron chi connectivity index (χ0n) is 18.3. The molecule has 31 heavy (non-hydrogen) atoms. The highest BCUT2D eigenvalue weighted by Gasteiger charge is 2.29. The number of carbonyl (C=O) groups is 2. The van der Waals surface area contributed by atoms with Gasteiger partial charge in [0.15, 0.2) is 5.78 Å². The molecule has 0 aliphatic carbocycles. The number of allylic oxidation sites excluding steroid dienone is 1. The normalized spacial score (nSPS) is 13.1. The van der Waals surface area contributed by atoms with E-state index in [1.807, 2.05) is 19.1 Å². The molecule has 0 saturated heterocycles. The second kappa shape index (κ2) is 10.0. The first-order valence-electron chi connectivity index (χ1n) is 10.1. The molecule has 0 atom stereocenters. The number of hydrogen-bond donors (Lipinski definition) is 0. The van der Waals surface area contributed by atoms with Gasteiger partial charge in [0.2, 0.25) is 0 Å². The van der Waals surface area contributed by atoms with Crippen molar-refractivity contribution < 1.29 is 28.5 Å². The number of nitrogens with zero attached hydrogens (tertiary/aromatic N) is 1. The maximum Gasteiger partial charge on any atom is 0.325 e. The van der Waals surface area contributed by atoms with Gasteiger partial charge in [0, 0.05) is 23.8 Å². The van der Waals surface area contributed by atoms with Crippen LogP contribution in [0.5, 0.6) is 17.2 Å². The minimum Gasteiger partial charge on any atom is -0.497 e. The van der Waals surface area contributed by atoms with E-state index in [1.165, 1.54) is 0 Å². The lowest BCUT2D eigenvalue weighted by Gasteiger charge is -2.24. The van der Waals surface area contributed by atoms with Gasteiger partial charge in [0.05, 0.1) is 33.6 Å². The summed E-state index contributed by atoms with van der Waals surface area (Å²) in [6.45, 7) is 2.20. The van der Waals surface area contributed by atoms with E-state index in [-0.39, 0.29) is 18.7 Å². The Bertz CT molecular complexity index is 980. The quantitative estimate of drug-likeness (QED) is 0.598. The molecule has 2 aromatic rings. The van der Waals surface area contributed by atoms with Crippen molar-refractivity contribution in [1.29, 1.82) is 0 Å². The summed E-state index contributed by atoms with van der Waals surface area (Å²) in [6.07, 6.45) is 2.52. The zero-order valence-corrected chi connectivity index (χ0v) is 18.3. The van der Waals surface area contributed by atoms with Crippen LogP contribution < -0.4 is 19.1 Å².